The second-order valence-corrected chi connectivity index (χ2v) is 5.99. The molecule has 1 amide bonds. The van der Waals surface area contributed by atoms with E-state index in [0.29, 0.717) is 11.4 Å². The van der Waals surface area contributed by atoms with Crippen LogP contribution in [0.4, 0.5) is 0 Å². The third-order valence-electron chi connectivity index (χ3n) is 3.08. The highest BCUT2D eigenvalue weighted by atomic mass is 35.5. The van der Waals surface area contributed by atoms with Gasteiger partial charge in [-0.25, -0.2) is 5.84 Å². The van der Waals surface area contributed by atoms with E-state index in [9.17, 15) is 4.79 Å². The van der Waals surface area contributed by atoms with Crippen LogP contribution in [0.25, 0.3) is 10.9 Å². The molecule has 0 saturated heterocycles. The van der Waals surface area contributed by atoms with Crippen molar-refractivity contribution < 1.29 is 4.79 Å². The van der Waals surface area contributed by atoms with Gasteiger partial charge in [-0.2, -0.15) is 0 Å². The lowest BCUT2D eigenvalue weighted by atomic mass is 10.2. The van der Waals surface area contributed by atoms with Gasteiger partial charge >= 0.3 is 0 Å². The normalized spacial score (nSPS) is 10.9. The van der Waals surface area contributed by atoms with Crippen molar-refractivity contribution in [2.75, 3.05) is 0 Å². The zero-order chi connectivity index (χ0) is 14.1. The Labute approximate surface area is 124 Å². The summed E-state index contributed by atoms with van der Waals surface area (Å²) in [6.45, 7) is 0.716. The number of thiophene rings is 1. The first-order valence-electron chi connectivity index (χ1n) is 6.01. The molecule has 0 spiro atoms. The average molecular weight is 306 g/mol. The van der Waals surface area contributed by atoms with Gasteiger partial charge in [-0.3, -0.25) is 10.2 Å². The summed E-state index contributed by atoms with van der Waals surface area (Å²) < 4.78 is 2.13. The molecule has 3 aromatic rings. The summed E-state index contributed by atoms with van der Waals surface area (Å²) in [4.78, 5) is 13.1. The maximum absolute atomic E-state index is 11.4. The van der Waals surface area contributed by atoms with Gasteiger partial charge in [-0.1, -0.05) is 11.6 Å². The molecule has 4 nitrogen and oxygen atoms in total. The molecule has 0 radical (unpaired) electrons. The zero-order valence-corrected chi connectivity index (χ0v) is 12.0. The summed E-state index contributed by atoms with van der Waals surface area (Å²) >= 11 is 7.42. The number of hydrogen-bond acceptors (Lipinski definition) is 3. The predicted octanol–water partition coefficient (Wildman–Crippen LogP) is 3.01. The fraction of sp³-hybridized carbons (Fsp3) is 0.0714. The Hall–Kier alpha value is -1.82. The van der Waals surface area contributed by atoms with E-state index in [1.807, 2.05) is 36.5 Å². The minimum Gasteiger partial charge on any atom is -0.342 e. The summed E-state index contributed by atoms with van der Waals surface area (Å²) in [5.74, 6) is 4.87. The molecule has 0 aliphatic heterocycles. The van der Waals surface area contributed by atoms with Crippen LogP contribution in [0.2, 0.25) is 5.02 Å². The standard InChI is InChI=1S/C14H12ClN3OS/c15-10-1-3-12-9(7-10)5-6-18(12)8-11-2-4-13(20-11)14(19)17-16/h1-7H,8,16H2,(H,17,19). The highest BCUT2D eigenvalue weighted by Crippen LogP contribution is 2.23. The number of amides is 1. The first-order chi connectivity index (χ1) is 9.67. The third-order valence-corrected chi connectivity index (χ3v) is 4.38. The number of nitrogens with one attached hydrogen (secondary N) is 1. The van der Waals surface area contributed by atoms with Crippen molar-refractivity contribution in [3.8, 4) is 0 Å². The zero-order valence-electron chi connectivity index (χ0n) is 10.5. The maximum Gasteiger partial charge on any atom is 0.275 e. The Morgan fingerprint density at radius 1 is 1.30 bits per heavy atom. The molecule has 0 bridgehead atoms. The fourth-order valence-electron chi connectivity index (χ4n) is 2.13. The van der Waals surface area contributed by atoms with Crippen LogP contribution >= 0.6 is 22.9 Å². The molecular formula is C14H12ClN3OS. The quantitative estimate of drug-likeness (QED) is 0.444. The van der Waals surface area contributed by atoms with E-state index in [0.717, 1.165) is 20.8 Å². The second kappa shape index (κ2) is 5.28. The maximum atomic E-state index is 11.4. The van der Waals surface area contributed by atoms with E-state index < -0.39 is 0 Å². The minimum absolute atomic E-state index is 0.259. The first-order valence-corrected chi connectivity index (χ1v) is 7.21. The van der Waals surface area contributed by atoms with Crippen molar-refractivity contribution in [1.29, 1.82) is 0 Å². The first kappa shape index (κ1) is 13.2. The molecule has 3 rings (SSSR count). The second-order valence-electron chi connectivity index (χ2n) is 4.39. The summed E-state index contributed by atoms with van der Waals surface area (Å²) in [6.07, 6.45) is 2.02. The van der Waals surface area contributed by atoms with Gasteiger partial charge in [0.2, 0.25) is 0 Å². The Bertz CT molecular complexity index is 778. The van der Waals surface area contributed by atoms with E-state index in [1.165, 1.54) is 11.3 Å². The number of nitrogens with two attached hydrogens (primary N) is 1. The minimum atomic E-state index is -0.259. The van der Waals surface area contributed by atoms with Crippen LogP contribution in [-0.2, 0) is 6.54 Å². The highest BCUT2D eigenvalue weighted by Gasteiger charge is 2.09. The number of halogens is 1. The molecule has 0 saturated carbocycles. The number of nitrogen functional groups attached to an aromatic ring is 1. The number of fused-ring (bicyclic) bond motifs is 1. The molecule has 102 valence electrons. The van der Waals surface area contributed by atoms with Crippen LogP contribution in [0.3, 0.4) is 0 Å². The number of hydrogen-bond donors (Lipinski definition) is 2. The average Bonchev–Trinajstić information content (AvgIpc) is 3.06. The number of nitrogens with zero attached hydrogens (tertiary/aromatic N) is 1. The molecule has 2 aromatic heterocycles. The molecule has 0 aliphatic carbocycles. The fourth-order valence-corrected chi connectivity index (χ4v) is 3.22. The number of carbonyl (C=O) groups is 1. The number of rotatable bonds is 3. The van der Waals surface area contributed by atoms with Gasteiger partial charge in [-0.05, 0) is 36.4 Å². The number of benzene rings is 1. The molecule has 3 N–H and O–H groups in total. The number of carbonyl (C=O) groups excluding carboxylic acids is 1. The van der Waals surface area contributed by atoms with Gasteiger partial charge in [0.1, 0.15) is 0 Å². The molecule has 6 heteroatoms. The molecule has 0 fully saturated rings. The van der Waals surface area contributed by atoms with Crippen LogP contribution < -0.4 is 11.3 Å². The van der Waals surface area contributed by atoms with Crippen molar-refractivity contribution in [3.05, 3.63) is 57.4 Å². The molecule has 0 aliphatic rings. The molecule has 0 atom stereocenters. The molecule has 1 aromatic carbocycles. The van der Waals surface area contributed by atoms with Crippen LogP contribution in [0.5, 0.6) is 0 Å². The van der Waals surface area contributed by atoms with Gasteiger partial charge in [0.15, 0.2) is 0 Å². The van der Waals surface area contributed by atoms with E-state index in [2.05, 4.69) is 9.99 Å². The Kier molecular flexibility index (Phi) is 3.48. The van der Waals surface area contributed by atoms with Crippen molar-refractivity contribution in [1.82, 2.24) is 9.99 Å². The summed E-state index contributed by atoms with van der Waals surface area (Å²) in [6, 6.07) is 11.6. The lowest BCUT2D eigenvalue weighted by Crippen LogP contribution is -2.29. The van der Waals surface area contributed by atoms with Crippen molar-refractivity contribution >= 4 is 39.7 Å². The van der Waals surface area contributed by atoms with Gasteiger partial charge < -0.3 is 4.57 Å². The van der Waals surface area contributed by atoms with E-state index >= 15 is 0 Å². The van der Waals surface area contributed by atoms with Crippen LogP contribution in [0.1, 0.15) is 14.5 Å². The summed E-state index contributed by atoms with van der Waals surface area (Å²) in [7, 11) is 0. The molecule has 0 unspecified atom stereocenters. The van der Waals surface area contributed by atoms with E-state index in [-0.39, 0.29) is 5.91 Å². The molecule has 2 heterocycles. The molecule has 20 heavy (non-hydrogen) atoms. The van der Waals surface area contributed by atoms with Crippen molar-refractivity contribution in [2.45, 2.75) is 6.54 Å². The van der Waals surface area contributed by atoms with Crippen LogP contribution in [0.15, 0.2) is 42.6 Å². The van der Waals surface area contributed by atoms with Gasteiger partial charge in [-0.15, -0.1) is 11.3 Å². The largest absolute Gasteiger partial charge is 0.342 e. The lowest BCUT2D eigenvalue weighted by molar-refractivity contribution is 0.0957. The van der Waals surface area contributed by atoms with Crippen LogP contribution in [-0.4, -0.2) is 10.5 Å². The Morgan fingerprint density at radius 2 is 2.15 bits per heavy atom. The smallest absolute Gasteiger partial charge is 0.275 e. The topological polar surface area (TPSA) is 60.0 Å². The monoisotopic (exact) mass is 305 g/mol. The highest BCUT2D eigenvalue weighted by molar-refractivity contribution is 7.14. The van der Waals surface area contributed by atoms with Gasteiger partial charge in [0.05, 0.1) is 11.4 Å². The summed E-state index contributed by atoms with van der Waals surface area (Å²) in [5, 5.41) is 1.84. The Morgan fingerprint density at radius 3 is 2.95 bits per heavy atom. The SMILES string of the molecule is NNC(=O)c1ccc(Cn2ccc3cc(Cl)ccc32)s1. The Balaban J connectivity index is 1.89. The van der Waals surface area contributed by atoms with Crippen LogP contribution in [0, 0.1) is 0 Å². The number of aromatic nitrogens is 1. The van der Waals surface area contributed by atoms with Gasteiger partial charge in [0, 0.05) is 27.0 Å². The van der Waals surface area contributed by atoms with E-state index in [4.69, 9.17) is 17.4 Å². The van der Waals surface area contributed by atoms with E-state index in [1.54, 1.807) is 6.07 Å². The van der Waals surface area contributed by atoms with Crippen molar-refractivity contribution in [3.63, 3.8) is 0 Å². The third kappa shape index (κ3) is 2.43. The van der Waals surface area contributed by atoms with Crippen molar-refractivity contribution in [2.24, 2.45) is 5.84 Å². The number of hydrazine groups is 1. The predicted molar refractivity (Wildman–Crippen MR) is 82.0 cm³/mol. The van der Waals surface area contributed by atoms with Gasteiger partial charge in [0.25, 0.3) is 5.91 Å². The lowest BCUT2D eigenvalue weighted by Gasteiger charge is -2.03. The molecular weight excluding hydrogens is 294 g/mol. The summed E-state index contributed by atoms with van der Waals surface area (Å²) in [5.41, 5.74) is 3.26.